The van der Waals surface area contributed by atoms with Crippen LogP contribution < -0.4 is 5.73 Å². The number of aromatic nitrogens is 1. The quantitative estimate of drug-likeness (QED) is 0.874. The van der Waals surface area contributed by atoms with Gasteiger partial charge < -0.3 is 10.3 Å². The van der Waals surface area contributed by atoms with Gasteiger partial charge in [0.05, 0.1) is 5.56 Å². The number of nitrogens with zero attached hydrogens (tertiary/aromatic N) is 1. The first-order valence-corrected chi connectivity index (χ1v) is 5.26. The van der Waals surface area contributed by atoms with Crippen LogP contribution in [0.15, 0.2) is 33.3 Å². The number of nitrogens with two attached hydrogens (primary N) is 1. The van der Waals surface area contributed by atoms with Crippen molar-refractivity contribution in [1.82, 2.24) is 5.16 Å². The van der Waals surface area contributed by atoms with Gasteiger partial charge in [-0.25, -0.2) is 0 Å². The van der Waals surface area contributed by atoms with Crippen molar-refractivity contribution >= 4 is 21.7 Å². The summed E-state index contributed by atoms with van der Waals surface area (Å²) in [6.07, 6.45) is -4.41. The third kappa shape index (κ3) is 2.60. The number of hydrogen-bond donors (Lipinski definition) is 1. The van der Waals surface area contributed by atoms with Crippen LogP contribution >= 0.6 is 15.9 Å². The van der Waals surface area contributed by atoms with Crippen molar-refractivity contribution < 1.29 is 17.7 Å². The van der Waals surface area contributed by atoms with Crippen molar-refractivity contribution in [3.05, 3.63) is 34.3 Å². The van der Waals surface area contributed by atoms with Crippen molar-refractivity contribution in [3.63, 3.8) is 0 Å². The summed E-state index contributed by atoms with van der Waals surface area (Å²) in [5, 5.41) is 3.42. The summed E-state index contributed by atoms with van der Waals surface area (Å²) in [6.45, 7) is 0. The Morgan fingerprint density at radius 3 is 2.41 bits per heavy atom. The van der Waals surface area contributed by atoms with Crippen LogP contribution in [0.2, 0.25) is 0 Å². The molecule has 2 rings (SSSR count). The Kier molecular flexibility index (Phi) is 2.86. The molecule has 17 heavy (non-hydrogen) atoms. The summed E-state index contributed by atoms with van der Waals surface area (Å²) in [5.74, 6) is 0.308. The fraction of sp³-hybridized carbons (Fsp3) is 0.100. The summed E-state index contributed by atoms with van der Waals surface area (Å²) < 4.78 is 42.8. The highest BCUT2D eigenvalue weighted by atomic mass is 79.9. The molecule has 7 heteroatoms. The first kappa shape index (κ1) is 12.0. The molecule has 0 fully saturated rings. The largest absolute Gasteiger partial charge is 0.416 e. The maximum atomic E-state index is 12.6. The second-order valence-corrected chi connectivity index (χ2v) is 4.26. The molecule has 3 nitrogen and oxygen atoms in total. The van der Waals surface area contributed by atoms with Crippen LogP contribution in [-0.4, -0.2) is 5.16 Å². The van der Waals surface area contributed by atoms with Crippen LogP contribution in [-0.2, 0) is 6.18 Å². The van der Waals surface area contributed by atoms with Crippen LogP contribution in [0.25, 0.3) is 11.3 Å². The summed E-state index contributed by atoms with van der Waals surface area (Å²) in [6, 6.07) is 4.82. The summed E-state index contributed by atoms with van der Waals surface area (Å²) in [7, 11) is 0. The van der Waals surface area contributed by atoms with Crippen LogP contribution in [0.5, 0.6) is 0 Å². The monoisotopic (exact) mass is 306 g/mol. The lowest BCUT2D eigenvalue weighted by Crippen LogP contribution is -2.04. The first-order valence-electron chi connectivity index (χ1n) is 4.46. The molecule has 0 aliphatic heterocycles. The Labute approximate surface area is 103 Å². The van der Waals surface area contributed by atoms with Gasteiger partial charge in [-0.15, -0.1) is 0 Å². The molecule has 1 aromatic carbocycles. The molecular formula is C10H6BrF3N2O. The minimum Gasteiger partial charge on any atom is -0.381 e. The molecule has 0 spiro atoms. The number of nitrogen functional groups attached to an aromatic ring is 1. The highest BCUT2D eigenvalue weighted by Crippen LogP contribution is 2.35. The van der Waals surface area contributed by atoms with E-state index >= 15 is 0 Å². The Hall–Kier alpha value is -1.50. The van der Waals surface area contributed by atoms with E-state index in [1.165, 1.54) is 12.1 Å². The predicted octanol–water partition coefficient (Wildman–Crippen LogP) is 3.71. The third-order valence-electron chi connectivity index (χ3n) is 2.04. The second-order valence-electron chi connectivity index (χ2n) is 3.34. The summed E-state index contributed by atoms with van der Waals surface area (Å²) >= 11 is 3.02. The smallest absolute Gasteiger partial charge is 0.381 e. The molecule has 0 aliphatic carbocycles. The van der Waals surface area contributed by atoms with Crippen LogP contribution in [0.3, 0.4) is 0 Å². The van der Waals surface area contributed by atoms with E-state index < -0.39 is 11.7 Å². The van der Waals surface area contributed by atoms with E-state index in [9.17, 15) is 13.2 Å². The van der Waals surface area contributed by atoms with Gasteiger partial charge >= 0.3 is 6.18 Å². The molecule has 1 heterocycles. The molecule has 0 aliphatic rings. The maximum Gasteiger partial charge on any atom is 0.416 e. The molecule has 0 unspecified atom stereocenters. The Bertz CT molecular complexity index is 551. The molecule has 1 aromatic heterocycles. The van der Waals surface area contributed by atoms with Crippen molar-refractivity contribution in [2.75, 3.05) is 5.73 Å². The van der Waals surface area contributed by atoms with Crippen molar-refractivity contribution in [2.24, 2.45) is 0 Å². The fourth-order valence-corrected chi connectivity index (χ4v) is 1.81. The Morgan fingerprint density at radius 1 is 1.18 bits per heavy atom. The Morgan fingerprint density at radius 2 is 1.88 bits per heavy atom. The van der Waals surface area contributed by atoms with Crippen molar-refractivity contribution in [2.45, 2.75) is 6.18 Å². The molecule has 0 radical (unpaired) electrons. The molecule has 0 atom stereocenters. The van der Waals surface area contributed by atoms with Gasteiger partial charge in [-0.05, 0) is 18.2 Å². The fourth-order valence-electron chi connectivity index (χ4n) is 1.32. The summed E-state index contributed by atoms with van der Waals surface area (Å²) in [5.41, 5.74) is 4.83. The molecular weight excluding hydrogens is 301 g/mol. The van der Waals surface area contributed by atoms with E-state index in [-0.39, 0.29) is 17.1 Å². The zero-order valence-corrected chi connectivity index (χ0v) is 9.84. The van der Waals surface area contributed by atoms with Gasteiger partial charge in [0, 0.05) is 16.1 Å². The molecule has 2 aromatic rings. The van der Waals surface area contributed by atoms with Gasteiger partial charge in [0.25, 0.3) is 0 Å². The van der Waals surface area contributed by atoms with Crippen molar-refractivity contribution in [1.29, 1.82) is 0 Å². The third-order valence-corrected chi connectivity index (χ3v) is 2.50. The van der Waals surface area contributed by atoms with Crippen LogP contribution in [0.4, 0.5) is 19.0 Å². The molecule has 0 amide bonds. The van der Waals surface area contributed by atoms with E-state index in [0.29, 0.717) is 4.47 Å². The average molecular weight is 307 g/mol. The maximum absolute atomic E-state index is 12.6. The second kappa shape index (κ2) is 4.06. The number of hydrogen-bond acceptors (Lipinski definition) is 3. The lowest BCUT2D eigenvalue weighted by Gasteiger charge is -2.08. The van der Waals surface area contributed by atoms with E-state index in [2.05, 4.69) is 21.1 Å². The van der Waals surface area contributed by atoms with Crippen molar-refractivity contribution in [3.8, 4) is 11.3 Å². The summed E-state index contributed by atoms with van der Waals surface area (Å²) in [4.78, 5) is 0. The number of anilines is 1. The van der Waals surface area contributed by atoms with Gasteiger partial charge in [0.15, 0.2) is 11.6 Å². The Balaban J connectivity index is 2.52. The molecule has 90 valence electrons. The minimum absolute atomic E-state index is 0.119. The first-order chi connectivity index (χ1) is 7.86. The topological polar surface area (TPSA) is 52.0 Å². The van der Waals surface area contributed by atoms with Gasteiger partial charge in [0.1, 0.15) is 0 Å². The molecule has 0 saturated heterocycles. The van der Waals surface area contributed by atoms with Gasteiger partial charge in [0.2, 0.25) is 0 Å². The lowest BCUT2D eigenvalue weighted by molar-refractivity contribution is -0.137. The zero-order valence-electron chi connectivity index (χ0n) is 8.25. The highest BCUT2D eigenvalue weighted by Gasteiger charge is 2.31. The standard InChI is InChI=1S/C10H6BrF3N2O/c11-7-2-5(8-4-9(15)16-17-8)1-6(3-7)10(12,13)14/h1-4H,(H2,15,16). The number of halogens is 4. The predicted molar refractivity (Wildman–Crippen MR) is 59.1 cm³/mol. The van der Waals surface area contributed by atoms with Gasteiger partial charge in [-0.2, -0.15) is 13.2 Å². The molecule has 0 bridgehead atoms. The van der Waals surface area contributed by atoms with Gasteiger partial charge in [-0.1, -0.05) is 21.1 Å². The number of benzene rings is 1. The zero-order chi connectivity index (χ0) is 12.6. The van der Waals surface area contributed by atoms with E-state index in [1.54, 1.807) is 0 Å². The van der Waals surface area contributed by atoms with Crippen LogP contribution in [0, 0.1) is 0 Å². The van der Waals surface area contributed by atoms with E-state index in [4.69, 9.17) is 10.3 Å². The SMILES string of the molecule is Nc1cc(-c2cc(Br)cc(C(F)(F)F)c2)on1. The molecule has 0 saturated carbocycles. The number of alkyl halides is 3. The van der Waals surface area contributed by atoms with Crippen LogP contribution in [0.1, 0.15) is 5.56 Å². The van der Waals surface area contributed by atoms with E-state index in [0.717, 1.165) is 12.1 Å². The number of rotatable bonds is 1. The minimum atomic E-state index is -4.41. The van der Waals surface area contributed by atoms with Gasteiger partial charge in [-0.3, -0.25) is 0 Å². The molecule has 2 N–H and O–H groups in total. The lowest BCUT2D eigenvalue weighted by atomic mass is 10.1. The van der Waals surface area contributed by atoms with E-state index in [1.807, 2.05) is 0 Å². The highest BCUT2D eigenvalue weighted by molar-refractivity contribution is 9.10. The normalized spacial score (nSPS) is 11.8. The average Bonchev–Trinajstić information content (AvgIpc) is 2.62.